The van der Waals surface area contributed by atoms with E-state index in [2.05, 4.69) is 66.7 Å². The molecule has 0 aromatic carbocycles. The van der Waals surface area contributed by atoms with Gasteiger partial charge in [-0.15, -0.1) is 0 Å². The van der Waals surface area contributed by atoms with Gasteiger partial charge in [0.05, 0.1) is 25.4 Å². The summed E-state index contributed by atoms with van der Waals surface area (Å²) in [5, 5.41) is 43.6. The molecule has 35 heavy (non-hydrogen) atoms. The van der Waals surface area contributed by atoms with Crippen LogP contribution >= 0.6 is 0 Å². The van der Waals surface area contributed by atoms with Crippen LogP contribution in [-0.4, -0.2) is 45.8 Å². The van der Waals surface area contributed by atoms with Crippen LogP contribution < -0.4 is 0 Å². The number of allylic oxidation sites excluding steroid dienone is 3. The maximum atomic E-state index is 11.5. The van der Waals surface area contributed by atoms with Gasteiger partial charge in [0.1, 0.15) is 0 Å². The van der Waals surface area contributed by atoms with E-state index < -0.39 is 23.0 Å². The van der Waals surface area contributed by atoms with E-state index in [1.54, 1.807) is 0 Å². The summed E-state index contributed by atoms with van der Waals surface area (Å²) in [6.07, 6.45) is 11.9. The summed E-state index contributed by atoms with van der Waals surface area (Å²) in [6.45, 7) is 16.2. The van der Waals surface area contributed by atoms with Gasteiger partial charge in [-0.05, 0) is 78.4 Å². The van der Waals surface area contributed by atoms with E-state index in [4.69, 9.17) is 0 Å². The van der Waals surface area contributed by atoms with Gasteiger partial charge < -0.3 is 20.4 Å². The van der Waals surface area contributed by atoms with E-state index in [-0.39, 0.29) is 46.7 Å². The monoisotopic (exact) mass is 486 g/mol. The zero-order valence-electron chi connectivity index (χ0n) is 23.1. The largest absolute Gasteiger partial charge is 0.396 e. The van der Waals surface area contributed by atoms with E-state index >= 15 is 0 Å². The lowest BCUT2D eigenvalue weighted by atomic mass is 9.34. The molecule has 5 rings (SSSR count). The molecule has 0 amide bonds. The van der Waals surface area contributed by atoms with Crippen molar-refractivity contribution in [3.63, 3.8) is 0 Å². The van der Waals surface area contributed by atoms with Crippen molar-refractivity contribution >= 4 is 0 Å². The molecule has 0 aromatic heterocycles. The molecule has 5 aliphatic carbocycles. The molecule has 0 saturated heterocycles. The Morgan fingerprint density at radius 3 is 2.20 bits per heavy atom. The fourth-order valence-electron chi connectivity index (χ4n) is 10.5. The molecule has 4 N–H and O–H groups in total. The molecule has 1 unspecified atom stereocenters. The quantitative estimate of drug-likeness (QED) is 0.409. The molecular formula is C31H50O4. The molecule has 0 aliphatic heterocycles. The van der Waals surface area contributed by atoms with Crippen molar-refractivity contribution in [2.45, 2.75) is 99.2 Å². The Hall–Kier alpha value is -0.680. The van der Waals surface area contributed by atoms with Crippen LogP contribution in [0.3, 0.4) is 0 Å². The summed E-state index contributed by atoms with van der Waals surface area (Å²) in [5.74, 6) is 1.03. The highest BCUT2D eigenvalue weighted by atomic mass is 16.3. The van der Waals surface area contributed by atoms with E-state index in [1.807, 2.05) is 0 Å². The fraction of sp³-hybridized carbons (Fsp3) is 0.871. The first kappa shape index (κ1) is 25.9. The number of aliphatic hydroxyl groups excluding tert-OH is 4. The van der Waals surface area contributed by atoms with E-state index in [1.165, 1.54) is 5.57 Å². The van der Waals surface area contributed by atoms with Crippen LogP contribution in [0.5, 0.6) is 0 Å². The summed E-state index contributed by atoms with van der Waals surface area (Å²) in [5.41, 5.74) is 0.380. The van der Waals surface area contributed by atoms with E-state index in [0.29, 0.717) is 11.8 Å². The number of fused-ring (bicyclic) bond motifs is 7. The molecule has 4 nitrogen and oxygen atoms in total. The summed E-state index contributed by atoms with van der Waals surface area (Å²) in [6, 6.07) is 0. The zero-order chi connectivity index (χ0) is 25.8. The Balaban J connectivity index is 1.62. The third kappa shape index (κ3) is 2.95. The molecule has 0 spiro atoms. The standard InChI is InChI=1S/C31H50O4/c1-19-25(35)31(18-33)15-14-29(6)20(21(31)16-26(19,2)3)8-9-23-27(4)12-11-24(34)28(5,17-32)22(27)10-13-30(23,29)7/h8,14-15,19,21-25,32-35H,9-13,16-18H2,1-7H3/t19-,21+,22-,23?,24+,25-,27+,28-,29-,30-,31+/m1/s1. The summed E-state index contributed by atoms with van der Waals surface area (Å²) in [7, 11) is 0. The van der Waals surface area contributed by atoms with Crippen LogP contribution in [0.15, 0.2) is 23.8 Å². The number of aliphatic hydroxyl groups is 4. The average molecular weight is 487 g/mol. The molecule has 4 heteroatoms. The fourth-order valence-corrected chi connectivity index (χ4v) is 10.5. The molecule has 3 saturated carbocycles. The van der Waals surface area contributed by atoms with Gasteiger partial charge >= 0.3 is 0 Å². The minimum absolute atomic E-state index is 0.000472. The van der Waals surface area contributed by atoms with Crippen LogP contribution in [0.25, 0.3) is 0 Å². The Morgan fingerprint density at radius 1 is 0.886 bits per heavy atom. The van der Waals surface area contributed by atoms with Gasteiger partial charge in [0, 0.05) is 16.2 Å². The SMILES string of the molecule is C[C@@H]1[C@@H](O)[C@]2(CO)C=C[C@]3(C)C(=CCC4[C@@]5(C)CC[C@H](O)[C@](C)(CO)[C@@H]5CC[C@]43C)[C@@H]2CC1(C)C. The van der Waals surface area contributed by atoms with Crippen LogP contribution in [0, 0.1) is 56.2 Å². The highest BCUT2D eigenvalue weighted by Gasteiger charge is 2.69. The number of rotatable bonds is 2. The lowest BCUT2D eigenvalue weighted by Crippen LogP contribution is -2.66. The first-order chi connectivity index (χ1) is 16.2. The van der Waals surface area contributed by atoms with Crippen molar-refractivity contribution in [3.8, 4) is 0 Å². The van der Waals surface area contributed by atoms with Crippen molar-refractivity contribution < 1.29 is 20.4 Å². The molecule has 0 aromatic rings. The van der Waals surface area contributed by atoms with Gasteiger partial charge in [-0.25, -0.2) is 0 Å². The second-order valence-corrected chi connectivity index (χ2v) is 15.0. The highest BCUT2D eigenvalue weighted by molar-refractivity contribution is 5.41. The second-order valence-electron chi connectivity index (χ2n) is 15.0. The van der Waals surface area contributed by atoms with Crippen LogP contribution in [-0.2, 0) is 0 Å². The third-order valence-corrected chi connectivity index (χ3v) is 13.5. The predicted octanol–water partition coefficient (Wildman–Crippen LogP) is 5.11. The van der Waals surface area contributed by atoms with Gasteiger partial charge in [-0.3, -0.25) is 0 Å². The molecule has 11 atom stereocenters. The summed E-state index contributed by atoms with van der Waals surface area (Å²) in [4.78, 5) is 0. The molecule has 5 aliphatic rings. The average Bonchev–Trinajstić information content (AvgIpc) is 2.81. The second kappa shape index (κ2) is 7.68. The van der Waals surface area contributed by atoms with Gasteiger partial charge in [0.2, 0.25) is 0 Å². The van der Waals surface area contributed by atoms with E-state index in [0.717, 1.165) is 38.5 Å². The van der Waals surface area contributed by atoms with Crippen molar-refractivity contribution in [1.29, 1.82) is 0 Å². The third-order valence-electron chi connectivity index (χ3n) is 13.5. The summed E-state index contributed by atoms with van der Waals surface area (Å²) >= 11 is 0. The maximum absolute atomic E-state index is 11.5. The Morgan fingerprint density at radius 2 is 1.57 bits per heavy atom. The molecule has 0 bridgehead atoms. The normalized spacial score (nSPS) is 56.8. The topological polar surface area (TPSA) is 80.9 Å². The number of hydrogen-bond acceptors (Lipinski definition) is 4. The van der Waals surface area contributed by atoms with Crippen molar-refractivity contribution in [2.24, 2.45) is 56.2 Å². The van der Waals surface area contributed by atoms with Gasteiger partial charge in [0.15, 0.2) is 0 Å². The molecular weight excluding hydrogens is 436 g/mol. The van der Waals surface area contributed by atoms with Crippen molar-refractivity contribution in [3.05, 3.63) is 23.8 Å². The maximum Gasteiger partial charge on any atom is 0.0689 e. The van der Waals surface area contributed by atoms with E-state index in [9.17, 15) is 20.4 Å². The van der Waals surface area contributed by atoms with Crippen LogP contribution in [0.1, 0.15) is 87.0 Å². The van der Waals surface area contributed by atoms with Crippen LogP contribution in [0.2, 0.25) is 0 Å². The predicted molar refractivity (Wildman–Crippen MR) is 139 cm³/mol. The Labute approximate surface area is 212 Å². The molecule has 0 radical (unpaired) electrons. The van der Waals surface area contributed by atoms with Crippen LogP contribution in [0.4, 0.5) is 0 Å². The van der Waals surface area contributed by atoms with Gasteiger partial charge in [-0.1, -0.05) is 72.3 Å². The molecule has 0 heterocycles. The van der Waals surface area contributed by atoms with Gasteiger partial charge in [-0.2, -0.15) is 0 Å². The van der Waals surface area contributed by atoms with Crippen molar-refractivity contribution in [1.82, 2.24) is 0 Å². The first-order valence-corrected chi connectivity index (χ1v) is 14.2. The minimum Gasteiger partial charge on any atom is -0.396 e. The Kier molecular flexibility index (Phi) is 5.69. The lowest BCUT2D eigenvalue weighted by Gasteiger charge is -2.70. The lowest BCUT2D eigenvalue weighted by molar-refractivity contribution is -0.208. The highest BCUT2D eigenvalue weighted by Crippen LogP contribution is 2.74. The first-order valence-electron chi connectivity index (χ1n) is 14.2. The minimum atomic E-state index is -0.602. The summed E-state index contributed by atoms with van der Waals surface area (Å²) < 4.78 is 0. The zero-order valence-corrected chi connectivity index (χ0v) is 23.1. The number of hydrogen-bond donors (Lipinski definition) is 4. The van der Waals surface area contributed by atoms with Gasteiger partial charge in [0.25, 0.3) is 0 Å². The smallest absolute Gasteiger partial charge is 0.0689 e. The Bertz CT molecular complexity index is 938. The van der Waals surface area contributed by atoms with Crippen molar-refractivity contribution in [2.75, 3.05) is 13.2 Å². The molecule has 198 valence electrons. The molecule has 3 fully saturated rings.